The Morgan fingerprint density at radius 2 is 1.82 bits per heavy atom. The molecule has 0 amide bonds. The lowest BCUT2D eigenvalue weighted by molar-refractivity contribution is -0.140. The first-order valence-corrected chi connectivity index (χ1v) is 7.52. The van der Waals surface area contributed by atoms with Crippen molar-refractivity contribution in [2.75, 3.05) is 19.9 Å². The minimum atomic E-state index is -3.26. The lowest BCUT2D eigenvalue weighted by Crippen LogP contribution is -2.37. The summed E-state index contributed by atoms with van der Waals surface area (Å²) in [6.07, 6.45) is 2.04. The highest BCUT2D eigenvalue weighted by molar-refractivity contribution is 7.89. The van der Waals surface area contributed by atoms with Crippen LogP contribution in [0.25, 0.3) is 0 Å². The maximum absolute atomic E-state index is 11.9. The van der Waals surface area contributed by atoms with E-state index in [1.165, 1.54) is 11.4 Å². The van der Waals surface area contributed by atoms with Gasteiger partial charge in [-0.15, -0.1) is 0 Å². The van der Waals surface area contributed by atoms with E-state index < -0.39 is 10.0 Å². The van der Waals surface area contributed by atoms with Crippen LogP contribution in [0.4, 0.5) is 0 Å². The number of methoxy groups -OCH3 is 1. The Morgan fingerprint density at radius 3 is 2.24 bits per heavy atom. The Morgan fingerprint density at radius 1 is 1.29 bits per heavy atom. The third-order valence-corrected chi connectivity index (χ3v) is 4.89. The van der Waals surface area contributed by atoms with Crippen molar-refractivity contribution >= 4 is 16.0 Å². The molecule has 0 aromatic rings. The molecule has 0 aliphatic carbocycles. The molecule has 0 spiro atoms. The van der Waals surface area contributed by atoms with Crippen molar-refractivity contribution in [2.24, 2.45) is 0 Å². The molecule has 102 valence electrons. The van der Waals surface area contributed by atoms with Crippen LogP contribution in [0.15, 0.2) is 0 Å². The zero-order chi connectivity index (χ0) is 13.5. The number of sulfonamides is 1. The molecule has 17 heavy (non-hydrogen) atoms. The second-order valence-corrected chi connectivity index (χ2v) is 6.13. The zero-order valence-corrected chi connectivity index (χ0v) is 11.9. The fourth-order valence-corrected chi connectivity index (χ4v) is 3.22. The van der Waals surface area contributed by atoms with Crippen LogP contribution < -0.4 is 0 Å². The maximum Gasteiger partial charge on any atom is 0.305 e. The monoisotopic (exact) mass is 265 g/mol. The van der Waals surface area contributed by atoms with Crippen LogP contribution >= 0.6 is 0 Å². The average molecular weight is 265 g/mol. The molecule has 0 unspecified atom stereocenters. The van der Waals surface area contributed by atoms with Crippen LogP contribution in [0.5, 0.6) is 0 Å². The predicted molar refractivity (Wildman–Crippen MR) is 67.2 cm³/mol. The number of rotatable bonds is 8. The first kappa shape index (κ1) is 16.4. The lowest BCUT2D eigenvalue weighted by atomic mass is 10.2. The van der Waals surface area contributed by atoms with E-state index in [0.717, 1.165) is 12.8 Å². The first-order chi connectivity index (χ1) is 7.88. The van der Waals surface area contributed by atoms with Crippen LogP contribution in [0.3, 0.4) is 0 Å². The second kappa shape index (κ2) is 7.66. The summed E-state index contributed by atoms with van der Waals surface area (Å²) >= 11 is 0. The Labute approximate surface area is 104 Å². The largest absolute Gasteiger partial charge is 0.469 e. The summed E-state index contributed by atoms with van der Waals surface area (Å²) in [5, 5.41) is 0. The normalized spacial score (nSPS) is 12.1. The Bertz CT molecular complexity index is 322. The molecule has 0 bridgehead atoms. The van der Waals surface area contributed by atoms with Gasteiger partial charge in [0.2, 0.25) is 10.0 Å². The molecule has 0 radical (unpaired) electrons. The summed E-state index contributed by atoms with van der Waals surface area (Å²) in [6, 6.07) is 0.0399. The molecule has 5 nitrogen and oxygen atoms in total. The van der Waals surface area contributed by atoms with Gasteiger partial charge in [-0.3, -0.25) is 4.79 Å². The molecule has 0 N–H and O–H groups in total. The number of esters is 1. The van der Waals surface area contributed by atoms with E-state index in [1.807, 2.05) is 13.8 Å². The van der Waals surface area contributed by atoms with Gasteiger partial charge in [-0.25, -0.2) is 12.7 Å². The third kappa shape index (κ3) is 5.50. The van der Waals surface area contributed by atoms with Crippen LogP contribution in [-0.4, -0.2) is 44.6 Å². The van der Waals surface area contributed by atoms with Crippen molar-refractivity contribution in [1.29, 1.82) is 0 Å². The molecule has 0 heterocycles. The lowest BCUT2D eigenvalue weighted by Gasteiger charge is -2.25. The van der Waals surface area contributed by atoms with E-state index in [0.29, 0.717) is 6.42 Å². The van der Waals surface area contributed by atoms with Crippen LogP contribution in [-0.2, 0) is 19.6 Å². The third-order valence-electron chi connectivity index (χ3n) is 2.91. The zero-order valence-electron chi connectivity index (χ0n) is 11.1. The minimum Gasteiger partial charge on any atom is -0.469 e. The number of hydrogen-bond donors (Lipinski definition) is 0. The quantitative estimate of drug-likeness (QED) is 0.622. The summed E-state index contributed by atoms with van der Waals surface area (Å²) in [6.45, 7) is 3.93. The molecule has 0 aromatic carbocycles. The van der Waals surface area contributed by atoms with E-state index in [2.05, 4.69) is 4.74 Å². The summed E-state index contributed by atoms with van der Waals surface area (Å²) in [5.74, 6) is -0.375. The topological polar surface area (TPSA) is 63.7 Å². The van der Waals surface area contributed by atoms with Gasteiger partial charge in [-0.2, -0.15) is 0 Å². The molecule has 0 aliphatic rings. The number of carbonyl (C=O) groups is 1. The highest BCUT2D eigenvalue weighted by atomic mass is 32.2. The van der Waals surface area contributed by atoms with Gasteiger partial charge in [0, 0.05) is 19.5 Å². The van der Waals surface area contributed by atoms with Gasteiger partial charge in [-0.05, 0) is 19.3 Å². The fourth-order valence-electron chi connectivity index (χ4n) is 1.67. The van der Waals surface area contributed by atoms with E-state index in [-0.39, 0.29) is 24.2 Å². The maximum atomic E-state index is 11.9. The fraction of sp³-hybridized carbons (Fsp3) is 0.909. The van der Waals surface area contributed by atoms with Crippen molar-refractivity contribution < 1.29 is 17.9 Å². The van der Waals surface area contributed by atoms with Crippen molar-refractivity contribution in [1.82, 2.24) is 4.31 Å². The Kier molecular flexibility index (Phi) is 7.38. The van der Waals surface area contributed by atoms with Gasteiger partial charge < -0.3 is 4.74 Å². The highest BCUT2D eigenvalue weighted by Gasteiger charge is 2.23. The molecule has 0 fully saturated rings. The smallest absolute Gasteiger partial charge is 0.305 e. The molecular weight excluding hydrogens is 242 g/mol. The highest BCUT2D eigenvalue weighted by Crippen LogP contribution is 2.12. The van der Waals surface area contributed by atoms with Crippen molar-refractivity contribution in [3.8, 4) is 0 Å². The van der Waals surface area contributed by atoms with E-state index >= 15 is 0 Å². The standard InChI is InChI=1S/C11H23NO4S/c1-5-10(6-2)12(3)17(14,15)9-7-8-11(13)16-4/h10H,5-9H2,1-4H3. The summed E-state index contributed by atoms with van der Waals surface area (Å²) in [7, 11) is -0.361. The average Bonchev–Trinajstić information content (AvgIpc) is 2.30. The summed E-state index contributed by atoms with van der Waals surface area (Å²) < 4.78 is 29.8. The molecule has 0 rings (SSSR count). The van der Waals surface area contributed by atoms with Gasteiger partial charge in [0.25, 0.3) is 0 Å². The van der Waals surface area contributed by atoms with Gasteiger partial charge in [0.15, 0.2) is 0 Å². The van der Waals surface area contributed by atoms with Crippen LogP contribution in [0.2, 0.25) is 0 Å². The Hall–Kier alpha value is -0.620. The second-order valence-electron chi connectivity index (χ2n) is 3.98. The van der Waals surface area contributed by atoms with Gasteiger partial charge >= 0.3 is 5.97 Å². The van der Waals surface area contributed by atoms with Gasteiger partial charge in [0.1, 0.15) is 0 Å². The molecule has 0 aliphatic heterocycles. The number of hydrogen-bond acceptors (Lipinski definition) is 4. The molecule has 6 heteroatoms. The van der Waals surface area contributed by atoms with Crippen molar-refractivity contribution in [2.45, 2.75) is 45.6 Å². The van der Waals surface area contributed by atoms with Crippen molar-refractivity contribution in [3.63, 3.8) is 0 Å². The van der Waals surface area contributed by atoms with Gasteiger partial charge in [0.05, 0.1) is 12.9 Å². The number of ether oxygens (including phenoxy) is 1. The summed E-state index contributed by atoms with van der Waals surface area (Å²) in [4.78, 5) is 10.9. The van der Waals surface area contributed by atoms with E-state index in [4.69, 9.17) is 0 Å². The van der Waals surface area contributed by atoms with E-state index in [1.54, 1.807) is 7.05 Å². The van der Waals surface area contributed by atoms with E-state index in [9.17, 15) is 13.2 Å². The Balaban J connectivity index is 4.32. The molecule has 0 aromatic heterocycles. The number of carbonyl (C=O) groups excluding carboxylic acids is 1. The van der Waals surface area contributed by atoms with Crippen LogP contribution in [0, 0.1) is 0 Å². The first-order valence-electron chi connectivity index (χ1n) is 5.91. The number of nitrogens with zero attached hydrogens (tertiary/aromatic N) is 1. The molecule has 0 atom stereocenters. The van der Waals surface area contributed by atoms with Crippen LogP contribution in [0.1, 0.15) is 39.5 Å². The minimum absolute atomic E-state index is 0.00486. The summed E-state index contributed by atoms with van der Waals surface area (Å²) in [5.41, 5.74) is 0. The SMILES string of the molecule is CCC(CC)N(C)S(=O)(=O)CCCC(=O)OC. The molecular formula is C11H23NO4S. The van der Waals surface area contributed by atoms with Gasteiger partial charge in [-0.1, -0.05) is 13.8 Å². The molecule has 0 saturated carbocycles. The molecule has 0 saturated heterocycles. The van der Waals surface area contributed by atoms with Crippen molar-refractivity contribution in [3.05, 3.63) is 0 Å². The predicted octanol–water partition coefficient (Wildman–Crippen LogP) is 1.39.